The van der Waals surface area contributed by atoms with Gasteiger partial charge in [-0.05, 0) is 24.1 Å². The minimum Gasteiger partial charge on any atom is -0.368 e. The number of aliphatic hydroxyl groups is 1. The molecular formula is C10H11ClO3. The van der Waals surface area contributed by atoms with Gasteiger partial charge in [0.25, 0.3) is 5.24 Å². The van der Waals surface area contributed by atoms with Crippen molar-refractivity contribution in [3.63, 3.8) is 0 Å². The van der Waals surface area contributed by atoms with E-state index in [0.717, 1.165) is 0 Å². The third-order valence-corrected chi connectivity index (χ3v) is 1.84. The van der Waals surface area contributed by atoms with Gasteiger partial charge < -0.3 is 9.84 Å². The van der Waals surface area contributed by atoms with Crippen molar-refractivity contribution < 1.29 is 14.6 Å². The third kappa shape index (κ3) is 3.10. The van der Waals surface area contributed by atoms with Crippen molar-refractivity contribution in [2.45, 2.75) is 19.3 Å². The highest BCUT2D eigenvalue weighted by Crippen LogP contribution is 2.20. The van der Waals surface area contributed by atoms with E-state index in [1.54, 1.807) is 24.3 Å². The van der Waals surface area contributed by atoms with Crippen molar-refractivity contribution in [3.8, 4) is 0 Å². The number of carbonyl (C=O) groups excluding carboxylic acids is 1. The van der Waals surface area contributed by atoms with E-state index in [9.17, 15) is 4.79 Å². The average Bonchev–Trinajstić information content (AvgIpc) is 2.15. The molecule has 76 valence electrons. The van der Waals surface area contributed by atoms with Crippen molar-refractivity contribution in [1.29, 1.82) is 0 Å². The van der Waals surface area contributed by atoms with Gasteiger partial charge in [-0.3, -0.25) is 4.79 Å². The van der Waals surface area contributed by atoms with E-state index < -0.39 is 17.6 Å². The smallest absolute Gasteiger partial charge is 0.255 e. The molecule has 0 amide bonds. The first-order chi connectivity index (χ1) is 6.61. The van der Waals surface area contributed by atoms with Crippen LogP contribution in [0.25, 0.3) is 0 Å². The first-order valence-corrected chi connectivity index (χ1v) is 4.57. The first kappa shape index (κ1) is 11.2. The Labute approximate surface area is 87.3 Å². The summed E-state index contributed by atoms with van der Waals surface area (Å²) in [5.41, 5.74) is 0.633. The van der Waals surface area contributed by atoms with E-state index >= 15 is 0 Å². The summed E-state index contributed by atoms with van der Waals surface area (Å²) in [5, 5.41) is 8.36. The lowest BCUT2D eigenvalue weighted by Gasteiger charge is -2.15. The molecule has 1 N–H and O–H groups in total. The van der Waals surface area contributed by atoms with Crippen LogP contribution in [0, 0.1) is 0 Å². The van der Waals surface area contributed by atoms with Crippen molar-refractivity contribution >= 4 is 16.8 Å². The van der Waals surface area contributed by atoms with E-state index in [4.69, 9.17) is 21.4 Å². The molecule has 4 heteroatoms. The number of carbonyl (C=O) groups is 1. The van der Waals surface area contributed by atoms with Gasteiger partial charge in [-0.1, -0.05) is 30.3 Å². The second kappa shape index (κ2) is 5.10. The van der Waals surface area contributed by atoms with Crippen molar-refractivity contribution in [1.82, 2.24) is 0 Å². The van der Waals surface area contributed by atoms with Crippen LogP contribution < -0.4 is 0 Å². The first-order valence-electron chi connectivity index (χ1n) is 4.19. The summed E-state index contributed by atoms with van der Waals surface area (Å²) in [7, 11) is 0. The highest BCUT2D eigenvalue weighted by atomic mass is 35.5. The second-order valence-electron chi connectivity index (χ2n) is 2.83. The topological polar surface area (TPSA) is 46.5 Å². The summed E-state index contributed by atoms with van der Waals surface area (Å²) < 4.78 is 4.97. The molecular weight excluding hydrogens is 204 g/mol. The molecule has 0 saturated carbocycles. The Morgan fingerprint density at radius 3 is 2.43 bits per heavy atom. The molecule has 0 bridgehead atoms. The Balaban J connectivity index is 2.84. The summed E-state index contributed by atoms with van der Waals surface area (Å²) in [6, 6.07) is 8.80. The maximum Gasteiger partial charge on any atom is 0.255 e. The van der Waals surface area contributed by atoms with Gasteiger partial charge >= 0.3 is 0 Å². The summed E-state index contributed by atoms with van der Waals surface area (Å²) in [4.78, 5) is 11.0. The SMILES string of the molecule is CC(O)OC(C(=O)Cl)c1ccccc1. The van der Waals surface area contributed by atoms with Crippen LogP contribution in [-0.4, -0.2) is 16.6 Å². The molecule has 0 heterocycles. The molecule has 0 radical (unpaired) electrons. The van der Waals surface area contributed by atoms with Gasteiger partial charge in [0.1, 0.15) is 0 Å². The van der Waals surface area contributed by atoms with Crippen molar-refractivity contribution in [3.05, 3.63) is 35.9 Å². The molecule has 2 atom stereocenters. The number of hydrogen-bond acceptors (Lipinski definition) is 3. The Morgan fingerprint density at radius 1 is 1.43 bits per heavy atom. The molecule has 3 nitrogen and oxygen atoms in total. The summed E-state index contributed by atoms with van der Waals surface area (Å²) >= 11 is 5.35. The molecule has 0 fully saturated rings. The van der Waals surface area contributed by atoms with Crippen LogP contribution in [0.3, 0.4) is 0 Å². The summed E-state index contributed by atoms with van der Waals surface area (Å²) in [5.74, 6) is 0. The normalized spacial score (nSPS) is 14.8. The van der Waals surface area contributed by atoms with Gasteiger partial charge in [-0.15, -0.1) is 0 Å². The Bertz CT molecular complexity index is 297. The van der Waals surface area contributed by atoms with Crippen LogP contribution in [-0.2, 0) is 9.53 Å². The van der Waals surface area contributed by atoms with Crippen LogP contribution in [0.1, 0.15) is 18.6 Å². The molecule has 0 aliphatic carbocycles. The van der Waals surface area contributed by atoms with Crippen molar-refractivity contribution in [2.24, 2.45) is 0 Å². The number of hydrogen-bond donors (Lipinski definition) is 1. The maximum absolute atomic E-state index is 11.0. The highest BCUT2D eigenvalue weighted by molar-refractivity contribution is 6.64. The summed E-state index contributed by atoms with van der Waals surface area (Å²) in [6.07, 6.45) is -1.93. The highest BCUT2D eigenvalue weighted by Gasteiger charge is 2.20. The summed E-state index contributed by atoms with van der Waals surface area (Å²) in [6.45, 7) is 1.43. The van der Waals surface area contributed by atoms with Gasteiger partial charge in [-0.25, -0.2) is 0 Å². The van der Waals surface area contributed by atoms with Crippen molar-refractivity contribution in [2.75, 3.05) is 0 Å². The molecule has 0 aliphatic rings. The van der Waals surface area contributed by atoms with E-state index in [0.29, 0.717) is 5.56 Å². The lowest BCUT2D eigenvalue weighted by atomic mass is 10.1. The fourth-order valence-corrected chi connectivity index (χ4v) is 1.27. The zero-order chi connectivity index (χ0) is 10.6. The molecule has 0 aromatic heterocycles. The van der Waals surface area contributed by atoms with E-state index in [1.165, 1.54) is 6.92 Å². The fourth-order valence-electron chi connectivity index (χ4n) is 1.09. The van der Waals surface area contributed by atoms with Crippen LogP contribution >= 0.6 is 11.6 Å². The van der Waals surface area contributed by atoms with Gasteiger partial charge in [0, 0.05) is 0 Å². The van der Waals surface area contributed by atoms with E-state index in [-0.39, 0.29) is 0 Å². The minimum atomic E-state index is -1.03. The predicted octanol–water partition coefficient (Wildman–Crippen LogP) is 1.85. The molecule has 0 spiro atoms. The van der Waals surface area contributed by atoms with Crippen LogP contribution in [0.15, 0.2) is 30.3 Å². The number of halogens is 1. The van der Waals surface area contributed by atoms with Crippen LogP contribution in [0.2, 0.25) is 0 Å². The second-order valence-corrected chi connectivity index (χ2v) is 3.20. The zero-order valence-electron chi connectivity index (χ0n) is 7.68. The Kier molecular flexibility index (Phi) is 4.07. The lowest BCUT2D eigenvalue weighted by Crippen LogP contribution is -2.17. The minimum absolute atomic E-state index is 0.633. The monoisotopic (exact) mass is 214 g/mol. The number of rotatable bonds is 4. The van der Waals surface area contributed by atoms with Gasteiger partial charge in [0.2, 0.25) is 0 Å². The molecule has 1 aromatic carbocycles. The Morgan fingerprint density at radius 2 is 2.00 bits per heavy atom. The lowest BCUT2D eigenvalue weighted by molar-refractivity contribution is -0.148. The molecule has 1 aromatic rings. The zero-order valence-corrected chi connectivity index (χ0v) is 8.44. The molecule has 0 aliphatic heterocycles. The fraction of sp³-hybridized carbons (Fsp3) is 0.300. The molecule has 2 unspecified atom stereocenters. The number of benzene rings is 1. The standard InChI is InChI=1S/C10H11ClO3/c1-7(12)14-9(10(11)13)8-5-3-2-4-6-8/h2-7,9,12H,1H3. The number of ether oxygens (including phenoxy) is 1. The van der Waals surface area contributed by atoms with E-state index in [1.807, 2.05) is 6.07 Å². The number of aliphatic hydroxyl groups excluding tert-OH is 1. The van der Waals surface area contributed by atoms with Crippen LogP contribution in [0.5, 0.6) is 0 Å². The average molecular weight is 215 g/mol. The van der Waals surface area contributed by atoms with Crippen LogP contribution in [0.4, 0.5) is 0 Å². The largest absolute Gasteiger partial charge is 0.368 e. The maximum atomic E-state index is 11.0. The van der Waals surface area contributed by atoms with Gasteiger partial charge in [-0.2, -0.15) is 0 Å². The predicted molar refractivity (Wildman–Crippen MR) is 52.8 cm³/mol. The molecule has 14 heavy (non-hydrogen) atoms. The van der Waals surface area contributed by atoms with Gasteiger partial charge in [0.15, 0.2) is 12.4 Å². The third-order valence-electron chi connectivity index (χ3n) is 1.64. The molecule has 0 saturated heterocycles. The quantitative estimate of drug-likeness (QED) is 0.615. The van der Waals surface area contributed by atoms with Gasteiger partial charge in [0.05, 0.1) is 0 Å². The molecule has 1 rings (SSSR count). The Hall–Kier alpha value is -0.900. The van der Waals surface area contributed by atoms with E-state index in [2.05, 4.69) is 0 Å².